The van der Waals surface area contributed by atoms with E-state index in [0.717, 1.165) is 152 Å². The van der Waals surface area contributed by atoms with Gasteiger partial charge in [0.15, 0.2) is 5.58 Å². The molecule has 588 valence electrons. The molecule has 21 aromatic rings. The van der Waals surface area contributed by atoms with Crippen molar-refractivity contribution in [1.29, 1.82) is 0 Å². The molecule has 20 aromatic carbocycles. The van der Waals surface area contributed by atoms with Crippen LogP contribution in [-0.4, -0.2) is 8.07 Å². The smallest absolute Gasteiger partial charge is 0.159 e. The standard InChI is InChI=1S/C59H48N2OSi.C56H38N2O2/c1-39-25-31-48-50(33-39)51-37-54-49-32-28-45(60(42-19-11-7-12-20-42)44-26-29-46(30-27-44)63(3,4)5)36-57(49)62-58-35-40(2)34-53(59(54)58)52(51)38-56(48)61(43-21-13-8-14-22-43)55-24-16-15-23-47(55)41-17-9-6-10-18-41;1-35-25-27-41-45(29-35)46-33-49-43-28-26-40(57(37-15-6-3-7-16-37)38-17-8-4-9-18-38)32-53(43)59-54-31-36(2)30-48(55(49)54)47(46)34-51(41)58(39-19-10-5-11-20-39)50-23-14-22-44-42-21-12-13-24-52(42)60-56(44)50/h6-38H,1-5H3;3-34H,1-2H3. The highest BCUT2D eigenvalue weighted by Crippen LogP contribution is 2.57. The molecule has 0 unspecified atom stereocenters. The van der Waals surface area contributed by atoms with Gasteiger partial charge in [0.25, 0.3) is 0 Å². The third-order valence-electron chi connectivity index (χ3n) is 24.7. The fourth-order valence-corrected chi connectivity index (χ4v) is 20.2. The van der Waals surface area contributed by atoms with Crippen LogP contribution in [0.2, 0.25) is 19.6 Å². The van der Waals surface area contributed by atoms with Crippen molar-refractivity contribution >= 4 is 168 Å². The second-order valence-electron chi connectivity index (χ2n) is 33.8. The first-order valence-corrected chi connectivity index (χ1v) is 45.9. The van der Waals surface area contributed by atoms with Crippen LogP contribution >= 0.6 is 0 Å². The topological polar surface area (TPSA) is 44.6 Å². The summed E-state index contributed by atoms with van der Waals surface area (Å²) >= 11 is 0. The Kier molecular flexibility index (Phi) is 18.0. The molecule has 2 aliphatic heterocycles. The second kappa shape index (κ2) is 29.9. The van der Waals surface area contributed by atoms with E-state index in [0.29, 0.717) is 0 Å². The minimum absolute atomic E-state index is 0.842. The van der Waals surface area contributed by atoms with E-state index in [1.165, 1.54) is 87.0 Å². The lowest BCUT2D eigenvalue weighted by atomic mass is 9.87. The average molecular weight is 1600 g/mol. The van der Waals surface area contributed by atoms with Gasteiger partial charge >= 0.3 is 0 Å². The van der Waals surface area contributed by atoms with Crippen LogP contribution in [0.15, 0.2) is 399 Å². The second-order valence-corrected chi connectivity index (χ2v) is 38.9. The van der Waals surface area contributed by atoms with E-state index in [2.05, 4.69) is 455 Å². The number of hydrogen-bond donors (Lipinski definition) is 0. The SMILES string of the molecule is Cc1ccc2c(N(c3ccccc3)c3cccc4c3oc3ccccc34)cc3c4cc(C)cc5c4c(cc3c2c1)-c1ccc(N(c2ccccc2)c2ccccc2)cc1O5.Cc1ccc2c(N(c3ccccc3)c3ccccc3-c3ccccc3)cc3c4cc(C)cc5c4c(cc3c2c1)-c1ccc(N(c2ccccc2)c2ccc([Si](C)(C)C)cc2)cc1O5. The van der Waals surface area contributed by atoms with Crippen LogP contribution in [0.4, 0.5) is 68.2 Å². The third kappa shape index (κ3) is 13.0. The molecule has 0 aliphatic carbocycles. The predicted octanol–water partition coefficient (Wildman–Crippen LogP) is 33.1. The molecule has 8 heteroatoms. The predicted molar refractivity (Wildman–Crippen MR) is 522 cm³/mol. The van der Waals surface area contributed by atoms with E-state index in [4.69, 9.17) is 13.9 Å². The Balaban J connectivity index is 0.000000147. The molecule has 1 aromatic heterocycles. The summed E-state index contributed by atoms with van der Waals surface area (Å²) in [5, 5.41) is 17.9. The van der Waals surface area contributed by atoms with Crippen molar-refractivity contribution in [2.24, 2.45) is 0 Å². The first-order chi connectivity index (χ1) is 60.3. The molecule has 0 N–H and O–H groups in total. The quantitative estimate of drug-likeness (QED) is 0.0794. The van der Waals surface area contributed by atoms with Gasteiger partial charge in [-0.2, -0.15) is 0 Å². The van der Waals surface area contributed by atoms with Crippen LogP contribution in [0.5, 0.6) is 23.0 Å². The van der Waals surface area contributed by atoms with Gasteiger partial charge in [0, 0.05) is 107 Å². The number of benzene rings is 20. The molecule has 23 rings (SSSR count). The first kappa shape index (κ1) is 74.1. The summed E-state index contributed by atoms with van der Waals surface area (Å²) in [5.74, 6) is 3.46. The van der Waals surface area contributed by atoms with Crippen molar-refractivity contribution in [3.05, 3.63) is 417 Å². The summed E-state index contributed by atoms with van der Waals surface area (Å²) in [4.78, 5) is 9.45. The van der Waals surface area contributed by atoms with Gasteiger partial charge in [0.2, 0.25) is 0 Å². The van der Waals surface area contributed by atoms with Crippen molar-refractivity contribution < 1.29 is 13.9 Å². The van der Waals surface area contributed by atoms with Crippen LogP contribution in [-0.2, 0) is 0 Å². The maximum absolute atomic E-state index is 7.06. The minimum atomic E-state index is -1.47. The number of hydrogen-bond acceptors (Lipinski definition) is 7. The van der Waals surface area contributed by atoms with Crippen molar-refractivity contribution in [1.82, 2.24) is 0 Å². The highest BCUT2D eigenvalue weighted by molar-refractivity contribution is 6.88. The Hall–Kier alpha value is -15.2. The lowest BCUT2D eigenvalue weighted by molar-refractivity contribution is 0.486. The van der Waals surface area contributed by atoms with Crippen LogP contribution in [0.25, 0.3) is 120 Å². The van der Waals surface area contributed by atoms with E-state index >= 15 is 0 Å². The number of furan rings is 1. The molecular formula is C115H86N4O3Si. The van der Waals surface area contributed by atoms with Gasteiger partial charge in [0.1, 0.15) is 28.6 Å². The Morgan fingerprint density at radius 2 is 0.585 bits per heavy atom. The monoisotopic (exact) mass is 1600 g/mol. The lowest BCUT2D eigenvalue weighted by Crippen LogP contribution is -2.37. The molecule has 0 saturated carbocycles. The van der Waals surface area contributed by atoms with Crippen LogP contribution in [0.3, 0.4) is 0 Å². The van der Waals surface area contributed by atoms with Crippen LogP contribution in [0, 0.1) is 27.7 Å². The van der Waals surface area contributed by atoms with Gasteiger partial charge in [-0.25, -0.2) is 0 Å². The number of aryl methyl sites for hydroxylation is 4. The Morgan fingerprint density at radius 3 is 1.07 bits per heavy atom. The number of rotatable bonds is 14. The molecule has 3 heterocycles. The maximum Gasteiger partial charge on any atom is 0.159 e. The number of nitrogens with zero attached hydrogens (tertiary/aromatic N) is 4. The van der Waals surface area contributed by atoms with E-state index in [1.54, 1.807) is 0 Å². The Labute approximate surface area is 717 Å². The van der Waals surface area contributed by atoms with E-state index in [9.17, 15) is 0 Å². The van der Waals surface area contributed by atoms with Crippen molar-refractivity contribution in [2.75, 3.05) is 19.6 Å². The zero-order valence-electron chi connectivity index (χ0n) is 69.5. The third-order valence-corrected chi connectivity index (χ3v) is 26.7. The zero-order valence-corrected chi connectivity index (χ0v) is 70.5. The summed E-state index contributed by atoms with van der Waals surface area (Å²) in [5.41, 5.74) is 26.3. The molecular weight excluding hydrogens is 1510 g/mol. The molecule has 2 aliphatic rings. The number of fused-ring (bicyclic) bond motifs is 15. The fourth-order valence-electron chi connectivity index (χ4n) is 19.0. The molecule has 0 saturated heterocycles. The van der Waals surface area contributed by atoms with Gasteiger partial charge in [0.05, 0.1) is 30.8 Å². The van der Waals surface area contributed by atoms with Crippen molar-refractivity contribution in [2.45, 2.75) is 47.3 Å². The van der Waals surface area contributed by atoms with E-state index in [-0.39, 0.29) is 0 Å². The lowest BCUT2D eigenvalue weighted by Gasteiger charge is -2.31. The highest BCUT2D eigenvalue weighted by atomic mass is 28.3. The van der Waals surface area contributed by atoms with E-state index < -0.39 is 8.07 Å². The molecule has 0 radical (unpaired) electrons. The summed E-state index contributed by atoms with van der Waals surface area (Å²) in [7, 11) is -1.47. The minimum Gasteiger partial charge on any atom is -0.456 e. The molecule has 0 spiro atoms. The normalized spacial score (nSPS) is 12.0. The zero-order chi connectivity index (χ0) is 82.7. The highest BCUT2D eigenvalue weighted by Gasteiger charge is 2.32. The number of anilines is 12. The van der Waals surface area contributed by atoms with Gasteiger partial charge in [-0.05, 0) is 250 Å². The average Bonchev–Trinajstić information content (AvgIpc) is 0.882. The molecule has 0 bridgehead atoms. The van der Waals surface area contributed by atoms with E-state index in [1.807, 2.05) is 6.07 Å². The summed E-state index contributed by atoms with van der Waals surface area (Å²) in [6.07, 6.45) is 0. The molecule has 0 fully saturated rings. The molecule has 0 amide bonds. The number of ether oxygens (including phenoxy) is 2. The van der Waals surface area contributed by atoms with Gasteiger partial charge < -0.3 is 33.5 Å². The van der Waals surface area contributed by atoms with Gasteiger partial charge in [-0.15, -0.1) is 0 Å². The molecule has 7 nitrogen and oxygen atoms in total. The Morgan fingerprint density at radius 1 is 0.211 bits per heavy atom. The summed E-state index contributed by atoms with van der Waals surface area (Å²) in [6.45, 7) is 15.9. The van der Waals surface area contributed by atoms with Crippen molar-refractivity contribution in [3.63, 3.8) is 0 Å². The first-order valence-electron chi connectivity index (χ1n) is 42.4. The largest absolute Gasteiger partial charge is 0.456 e. The molecule has 0 atom stereocenters. The summed E-state index contributed by atoms with van der Waals surface area (Å²) in [6, 6.07) is 143. The Bertz CT molecular complexity index is 7730. The summed E-state index contributed by atoms with van der Waals surface area (Å²) < 4.78 is 20.8. The van der Waals surface area contributed by atoms with Crippen LogP contribution < -0.4 is 34.3 Å². The van der Waals surface area contributed by atoms with Gasteiger partial charge in [-0.3, -0.25) is 0 Å². The van der Waals surface area contributed by atoms with Crippen molar-refractivity contribution in [3.8, 4) is 56.4 Å². The van der Waals surface area contributed by atoms with Gasteiger partial charge in [-0.1, -0.05) is 266 Å². The molecule has 123 heavy (non-hydrogen) atoms. The number of para-hydroxylation sites is 8. The van der Waals surface area contributed by atoms with Crippen LogP contribution in [0.1, 0.15) is 22.3 Å². The fraction of sp³-hybridized carbons (Fsp3) is 0.0609. The maximum atomic E-state index is 7.06.